The second-order valence-electron chi connectivity index (χ2n) is 4.34. The summed E-state index contributed by atoms with van der Waals surface area (Å²) in [7, 11) is 0. The van der Waals surface area contributed by atoms with Gasteiger partial charge in [-0.2, -0.15) is 0 Å². The average molecular weight is 292 g/mol. The van der Waals surface area contributed by atoms with Crippen LogP contribution in [0.1, 0.15) is 6.42 Å². The number of aromatic amines is 1. The van der Waals surface area contributed by atoms with E-state index < -0.39 is 22.8 Å². The summed E-state index contributed by atoms with van der Waals surface area (Å²) in [5.41, 5.74) is 4.90. The molecular weight excluding hydrogens is 279 g/mol. The number of nitrogens with zero attached hydrogens (tertiary/aromatic N) is 1. The zero-order chi connectivity index (χ0) is 15.4. The molecule has 1 amide bonds. The van der Waals surface area contributed by atoms with Gasteiger partial charge in [0.2, 0.25) is 5.91 Å². The van der Waals surface area contributed by atoms with Crippen LogP contribution in [0.25, 0.3) is 0 Å². The summed E-state index contributed by atoms with van der Waals surface area (Å²) in [6.07, 6.45) is -0.103. The first kappa shape index (κ1) is 14.5. The van der Waals surface area contributed by atoms with Gasteiger partial charge in [-0.1, -0.05) is 0 Å². The molecule has 110 valence electrons. The molecule has 0 spiro atoms. The first-order valence-corrected chi connectivity index (χ1v) is 6.11. The van der Waals surface area contributed by atoms with Crippen molar-refractivity contribution in [3.8, 4) is 0 Å². The standard InChI is InChI=1S/C13H13FN4O3/c14-9-2-1-8(15)7-10(9)16-11(19)5-6-18-13(21)4-3-12(20)17-18/h1-4,7H,5-6,15H2,(H,16,19)(H,17,20). The maximum absolute atomic E-state index is 13.4. The lowest BCUT2D eigenvalue weighted by Gasteiger charge is -2.08. The third-order valence-corrected chi connectivity index (χ3v) is 2.72. The molecule has 0 aliphatic heterocycles. The van der Waals surface area contributed by atoms with Crippen molar-refractivity contribution >= 4 is 17.3 Å². The van der Waals surface area contributed by atoms with Gasteiger partial charge in [0.15, 0.2) is 0 Å². The van der Waals surface area contributed by atoms with Crippen LogP contribution < -0.4 is 22.2 Å². The number of anilines is 2. The monoisotopic (exact) mass is 292 g/mol. The van der Waals surface area contributed by atoms with E-state index in [0.29, 0.717) is 5.69 Å². The Labute approximate surface area is 118 Å². The summed E-state index contributed by atoms with van der Waals surface area (Å²) in [6, 6.07) is 6.02. The highest BCUT2D eigenvalue weighted by molar-refractivity contribution is 5.91. The summed E-state index contributed by atoms with van der Waals surface area (Å²) in [5, 5.41) is 4.64. The lowest BCUT2D eigenvalue weighted by molar-refractivity contribution is -0.116. The van der Waals surface area contributed by atoms with E-state index in [9.17, 15) is 18.8 Å². The Hall–Kier alpha value is -2.90. The van der Waals surface area contributed by atoms with Crippen LogP contribution in [-0.2, 0) is 11.3 Å². The predicted octanol–water partition coefficient (Wildman–Crippen LogP) is 0.287. The van der Waals surface area contributed by atoms with E-state index in [4.69, 9.17) is 5.73 Å². The van der Waals surface area contributed by atoms with E-state index in [0.717, 1.165) is 22.9 Å². The minimum Gasteiger partial charge on any atom is -0.399 e. The van der Waals surface area contributed by atoms with Gasteiger partial charge in [0.25, 0.3) is 11.1 Å². The molecule has 8 heteroatoms. The van der Waals surface area contributed by atoms with Gasteiger partial charge in [0.05, 0.1) is 12.2 Å². The topological polar surface area (TPSA) is 110 Å². The number of carbonyl (C=O) groups is 1. The Balaban J connectivity index is 2.02. The number of hydrogen-bond donors (Lipinski definition) is 3. The van der Waals surface area contributed by atoms with Gasteiger partial charge in [-0.15, -0.1) is 0 Å². The molecule has 0 saturated heterocycles. The van der Waals surface area contributed by atoms with Crippen LogP contribution in [0, 0.1) is 5.82 Å². The molecule has 4 N–H and O–H groups in total. The second kappa shape index (κ2) is 6.04. The molecule has 2 rings (SSSR count). The van der Waals surface area contributed by atoms with E-state index in [2.05, 4.69) is 10.4 Å². The fourth-order valence-electron chi connectivity index (χ4n) is 1.69. The number of benzene rings is 1. The Morgan fingerprint density at radius 1 is 1.29 bits per heavy atom. The van der Waals surface area contributed by atoms with Gasteiger partial charge in [-0.05, 0) is 18.2 Å². The SMILES string of the molecule is Nc1ccc(F)c(NC(=O)CCn2[nH]c(=O)ccc2=O)c1. The Morgan fingerprint density at radius 3 is 2.81 bits per heavy atom. The molecule has 0 saturated carbocycles. The van der Waals surface area contributed by atoms with Crippen LogP contribution in [0.15, 0.2) is 39.9 Å². The molecule has 0 unspecified atom stereocenters. The van der Waals surface area contributed by atoms with E-state index in [-0.39, 0.29) is 18.7 Å². The van der Waals surface area contributed by atoms with Crippen molar-refractivity contribution in [2.24, 2.45) is 0 Å². The van der Waals surface area contributed by atoms with Crippen molar-refractivity contribution in [3.63, 3.8) is 0 Å². The summed E-state index contributed by atoms with van der Waals surface area (Å²) < 4.78 is 14.4. The number of nitrogen functional groups attached to an aromatic ring is 1. The smallest absolute Gasteiger partial charge is 0.265 e. The second-order valence-corrected chi connectivity index (χ2v) is 4.34. The predicted molar refractivity (Wildman–Crippen MR) is 75.4 cm³/mol. The number of aromatic nitrogens is 2. The highest BCUT2D eigenvalue weighted by Gasteiger charge is 2.08. The molecule has 0 fully saturated rings. The highest BCUT2D eigenvalue weighted by atomic mass is 19.1. The lowest BCUT2D eigenvalue weighted by atomic mass is 10.2. The van der Waals surface area contributed by atoms with Crippen molar-refractivity contribution in [1.82, 2.24) is 9.78 Å². The number of hydrogen-bond acceptors (Lipinski definition) is 4. The number of amides is 1. The van der Waals surface area contributed by atoms with Gasteiger partial charge in [0, 0.05) is 24.2 Å². The van der Waals surface area contributed by atoms with Gasteiger partial charge in [0.1, 0.15) is 5.82 Å². The first-order chi connectivity index (χ1) is 9.95. The lowest BCUT2D eigenvalue weighted by Crippen LogP contribution is -2.29. The van der Waals surface area contributed by atoms with Crippen LogP contribution in [-0.4, -0.2) is 15.7 Å². The molecule has 21 heavy (non-hydrogen) atoms. The zero-order valence-corrected chi connectivity index (χ0v) is 10.9. The molecule has 0 radical (unpaired) electrons. The number of carbonyl (C=O) groups excluding carboxylic acids is 1. The Bertz CT molecular complexity index is 781. The van der Waals surface area contributed by atoms with Crippen molar-refractivity contribution in [2.75, 3.05) is 11.1 Å². The fraction of sp³-hybridized carbons (Fsp3) is 0.154. The van der Waals surface area contributed by atoms with Crippen molar-refractivity contribution < 1.29 is 9.18 Å². The molecule has 7 nitrogen and oxygen atoms in total. The summed E-state index contributed by atoms with van der Waals surface area (Å²) in [4.78, 5) is 34.2. The summed E-state index contributed by atoms with van der Waals surface area (Å²) in [6.45, 7) is -0.0231. The van der Waals surface area contributed by atoms with Gasteiger partial charge in [-0.3, -0.25) is 19.5 Å². The molecule has 0 bridgehead atoms. The van der Waals surface area contributed by atoms with Gasteiger partial charge in [-0.25, -0.2) is 9.07 Å². The number of nitrogens with one attached hydrogen (secondary N) is 2. The first-order valence-electron chi connectivity index (χ1n) is 6.11. The average Bonchev–Trinajstić information content (AvgIpc) is 2.44. The molecule has 1 aromatic heterocycles. The molecule has 2 aromatic rings. The van der Waals surface area contributed by atoms with E-state index in [1.54, 1.807) is 0 Å². The molecule has 1 aromatic carbocycles. The maximum atomic E-state index is 13.4. The third kappa shape index (κ3) is 3.78. The Kier molecular flexibility index (Phi) is 4.17. The van der Waals surface area contributed by atoms with Gasteiger partial charge < -0.3 is 11.1 Å². The van der Waals surface area contributed by atoms with Crippen LogP contribution in [0.5, 0.6) is 0 Å². The van der Waals surface area contributed by atoms with E-state index in [1.807, 2.05) is 0 Å². The zero-order valence-electron chi connectivity index (χ0n) is 10.9. The Morgan fingerprint density at radius 2 is 2.05 bits per heavy atom. The molecule has 1 heterocycles. The van der Waals surface area contributed by atoms with Crippen LogP contribution in [0.4, 0.5) is 15.8 Å². The largest absolute Gasteiger partial charge is 0.399 e. The molecule has 0 aliphatic carbocycles. The minimum atomic E-state index is -0.608. The quantitative estimate of drug-likeness (QED) is 0.703. The third-order valence-electron chi connectivity index (χ3n) is 2.72. The maximum Gasteiger partial charge on any atom is 0.265 e. The molecule has 0 aliphatic rings. The van der Waals surface area contributed by atoms with E-state index in [1.165, 1.54) is 12.1 Å². The van der Waals surface area contributed by atoms with Crippen LogP contribution in [0.2, 0.25) is 0 Å². The number of halogens is 1. The summed E-state index contributed by atoms with van der Waals surface area (Å²) in [5.74, 6) is -1.11. The van der Waals surface area contributed by atoms with Crippen molar-refractivity contribution in [3.05, 3.63) is 56.9 Å². The highest BCUT2D eigenvalue weighted by Crippen LogP contribution is 2.17. The number of nitrogens with two attached hydrogens (primary N) is 1. The summed E-state index contributed by atoms with van der Waals surface area (Å²) >= 11 is 0. The van der Waals surface area contributed by atoms with E-state index >= 15 is 0 Å². The number of H-pyrrole nitrogens is 1. The number of rotatable bonds is 4. The minimum absolute atomic E-state index is 0.0231. The fourth-order valence-corrected chi connectivity index (χ4v) is 1.69. The number of aryl methyl sites for hydroxylation is 1. The molecule has 0 atom stereocenters. The van der Waals surface area contributed by atoms with Crippen LogP contribution >= 0.6 is 0 Å². The van der Waals surface area contributed by atoms with Gasteiger partial charge >= 0.3 is 0 Å². The van der Waals surface area contributed by atoms with Crippen molar-refractivity contribution in [2.45, 2.75) is 13.0 Å². The van der Waals surface area contributed by atoms with Crippen molar-refractivity contribution in [1.29, 1.82) is 0 Å². The van der Waals surface area contributed by atoms with Crippen LogP contribution in [0.3, 0.4) is 0 Å². The normalized spacial score (nSPS) is 10.3. The molecular formula is C13H13FN4O3.